The molecule has 0 aliphatic heterocycles. The van der Waals surface area contributed by atoms with Gasteiger partial charge in [0.1, 0.15) is 9.77 Å². The van der Waals surface area contributed by atoms with Crippen molar-refractivity contribution in [3.05, 3.63) is 25.4 Å². The summed E-state index contributed by atoms with van der Waals surface area (Å²) >= 11 is 6.95. The molecule has 0 saturated carbocycles. The fourth-order valence-corrected chi connectivity index (χ4v) is 2.17. The molecule has 1 rings (SSSR count). The van der Waals surface area contributed by atoms with Crippen LogP contribution in [0.25, 0.3) is 0 Å². The predicted octanol–water partition coefficient (Wildman–Crippen LogP) is 3.23. The molecule has 0 aliphatic carbocycles. The Morgan fingerprint density at radius 3 is 2.59 bits per heavy atom. The molecule has 94 valence electrons. The van der Waals surface area contributed by atoms with Gasteiger partial charge in [-0.2, -0.15) is 0 Å². The van der Waals surface area contributed by atoms with Gasteiger partial charge in [-0.25, -0.2) is 4.98 Å². The van der Waals surface area contributed by atoms with E-state index in [2.05, 4.69) is 9.72 Å². The maximum Gasteiger partial charge on any atom is 0.574 e. The Kier molecular flexibility index (Phi) is 4.36. The highest BCUT2D eigenvalue weighted by Crippen LogP contribution is 2.33. The molecule has 0 amide bonds. The van der Waals surface area contributed by atoms with E-state index in [4.69, 9.17) is 11.6 Å². The third kappa shape index (κ3) is 3.56. The van der Waals surface area contributed by atoms with Crippen LogP contribution in [0.5, 0.6) is 5.88 Å². The SMILES string of the molecule is O=[N+]([O-])c1cnc(OC(F)(F)F)c(CCl)c1I. The van der Waals surface area contributed by atoms with Crippen LogP contribution in [0, 0.1) is 13.7 Å². The lowest BCUT2D eigenvalue weighted by Gasteiger charge is -2.11. The number of rotatable bonds is 3. The fourth-order valence-electron chi connectivity index (χ4n) is 0.944. The zero-order chi connectivity index (χ0) is 13.2. The molecule has 0 saturated heterocycles. The highest BCUT2D eigenvalue weighted by Gasteiger charge is 2.34. The van der Waals surface area contributed by atoms with Crippen molar-refractivity contribution in [2.24, 2.45) is 0 Å². The van der Waals surface area contributed by atoms with Crippen molar-refractivity contribution < 1.29 is 22.8 Å². The summed E-state index contributed by atoms with van der Waals surface area (Å²) in [5, 5.41) is 10.5. The monoisotopic (exact) mass is 382 g/mol. The van der Waals surface area contributed by atoms with Gasteiger partial charge in [0.2, 0.25) is 5.88 Å². The molecule has 1 heterocycles. The van der Waals surface area contributed by atoms with E-state index in [0.29, 0.717) is 6.20 Å². The molecule has 0 aliphatic rings. The normalized spacial score (nSPS) is 11.4. The molecule has 0 aromatic carbocycles. The van der Waals surface area contributed by atoms with Gasteiger partial charge in [0.15, 0.2) is 0 Å². The minimum absolute atomic E-state index is 0.0307. The number of ether oxygens (including phenoxy) is 1. The van der Waals surface area contributed by atoms with Crippen LogP contribution in [-0.2, 0) is 5.88 Å². The van der Waals surface area contributed by atoms with E-state index in [1.54, 1.807) is 0 Å². The maximum atomic E-state index is 12.0. The topological polar surface area (TPSA) is 65.3 Å². The number of aromatic nitrogens is 1. The van der Waals surface area contributed by atoms with Crippen molar-refractivity contribution in [1.82, 2.24) is 4.98 Å². The average Bonchev–Trinajstić information content (AvgIpc) is 2.15. The van der Waals surface area contributed by atoms with Crippen LogP contribution in [0.4, 0.5) is 18.9 Å². The minimum Gasteiger partial charge on any atom is -0.387 e. The van der Waals surface area contributed by atoms with Crippen LogP contribution in [-0.4, -0.2) is 16.3 Å². The van der Waals surface area contributed by atoms with Crippen molar-refractivity contribution >= 4 is 39.9 Å². The van der Waals surface area contributed by atoms with Gasteiger partial charge in [-0.05, 0) is 22.6 Å². The zero-order valence-electron chi connectivity index (χ0n) is 7.79. The lowest BCUT2D eigenvalue weighted by atomic mass is 10.3. The number of pyridine rings is 1. The Morgan fingerprint density at radius 1 is 1.59 bits per heavy atom. The summed E-state index contributed by atoms with van der Waals surface area (Å²) in [7, 11) is 0. The summed E-state index contributed by atoms with van der Waals surface area (Å²) in [5.41, 5.74) is -0.588. The molecular formula is C7H3ClF3IN2O3. The van der Waals surface area contributed by atoms with E-state index >= 15 is 0 Å². The zero-order valence-corrected chi connectivity index (χ0v) is 10.7. The molecule has 0 radical (unpaired) electrons. The van der Waals surface area contributed by atoms with Crippen molar-refractivity contribution in [2.75, 3.05) is 0 Å². The van der Waals surface area contributed by atoms with Gasteiger partial charge in [-0.1, -0.05) is 0 Å². The van der Waals surface area contributed by atoms with E-state index in [1.165, 1.54) is 22.6 Å². The van der Waals surface area contributed by atoms with Gasteiger partial charge >= 0.3 is 12.0 Å². The maximum absolute atomic E-state index is 12.0. The number of nitrogens with zero attached hydrogens (tertiary/aromatic N) is 2. The van der Waals surface area contributed by atoms with Gasteiger partial charge in [-0.3, -0.25) is 10.1 Å². The Hall–Kier alpha value is -0.840. The first-order chi connectivity index (χ1) is 7.76. The molecule has 1 aromatic heterocycles. The standard InChI is InChI=1S/C7H3ClF3IN2O3/c8-1-3-5(12)4(14(15)16)2-13-6(3)17-7(9,10)11/h2H,1H2. The second-order valence-electron chi connectivity index (χ2n) is 2.68. The summed E-state index contributed by atoms with van der Waals surface area (Å²) in [6.07, 6.45) is -4.23. The molecule has 0 unspecified atom stereocenters. The number of hydrogen-bond donors (Lipinski definition) is 0. The van der Waals surface area contributed by atoms with E-state index < -0.39 is 22.9 Å². The van der Waals surface area contributed by atoms with Crippen LogP contribution in [0.2, 0.25) is 0 Å². The molecule has 0 N–H and O–H groups in total. The second-order valence-corrected chi connectivity index (χ2v) is 4.03. The quantitative estimate of drug-likeness (QED) is 0.348. The summed E-state index contributed by atoms with van der Waals surface area (Å²) < 4.78 is 39.6. The lowest BCUT2D eigenvalue weighted by molar-refractivity contribution is -0.386. The fraction of sp³-hybridized carbons (Fsp3) is 0.286. The summed E-state index contributed by atoms with van der Waals surface area (Å²) in [4.78, 5) is 13.0. The van der Waals surface area contributed by atoms with Crippen molar-refractivity contribution in [3.63, 3.8) is 0 Å². The van der Waals surface area contributed by atoms with Gasteiger partial charge in [-0.15, -0.1) is 24.8 Å². The molecule has 0 spiro atoms. The first-order valence-corrected chi connectivity index (χ1v) is 5.51. The number of alkyl halides is 4. The van der Waals surface area contributed by atoms with E-state index in [9.17, 15) is 23.3 Å². The van der Waals surface area contributed by atoms with Crippen LogP contribution < -0.4 is 4.74 Å². The molecule has 10 heteroatoms. The number of nitro groups is 1. The van der Waals surface area contributed by atoms with Crippen LogP contribution in [0.1, 0.15) is 5.56 Å². The van der Waals surface area contributed by atoms with Crippen LogP contribution in [0.15, 0.2) is 6.20 Å². The first kappa shape index (κ1) is 14.2. The lowest BCUT2D eigenvalue weighted by Crippen LogP contribution is -2.19. The Labute approximate surface area is 111 Å². The molecule has 0 fully saturated rings. The Balaban J connectivity index is 3.26. The third-order valence-electron chi connectivity index (χ3n) is 1.59. The highest BCUT2D eigenvalue weighted by molar-refractivity contribution is 14.1. The average molecular weight is 382 g/mol. The Bertz CT molecular complexity index is 455. The van der Waals surface area contributed by atoms with Crippen LogP contribution in [0.3, 0.4) is 0 Å². The van der Waals surface area contributed by atoms with Gasteiger partial charge < -0.3 is 4.74 Å². The molecular weight excluding hydrogens is 379 g/mol. The summed E-state index contributed by atoms with van der Waals surface area (Å²) in [5.74, 6) is -1.15. The van der Waals surface area contributed by atoms with Crippen molar-refractivity contribution in [3.8, 4) is 5.88 Å². The smallest absolute Gasteiger partial charge is 0.387 e. The molecule has 17 heavy (non-hydrogen) atoms. The van der Waals surface area contributed by atoms with Crippen molar-refractivity contribution in [2.45, 2.75) is 12.2 Å². The van der Waals surface area contributed by atoms with Crippen LogP contribution >= 0.6 is 34.2 Å². The van der Waals surface area contributed by atoms with E-state index in [1.807, 2.05) is 0 Å². The molecule has 0 atom stereocenters. The van der Waals surface area contributed by atoms with Crippen molar-refractivity contribution in [1.29, 1.82) is 0 Å². The molecule has 5 nitrogen and oxygen atoms in total. The predicted molar refractivity (Wildman–Crippen MR) is 59.8 cm³/mol. The minimum atomic E-state index is -4.92. The van der Waals surface area contributed by atoms with Gasteiger partial charge in [0.25, 0.3) is 0 Å². The van der Waals surface area contributed by atoms with E-state index in [-0.39, 0.29) is 15.0 Å². The number of halogens is 5. The van der Waals surface area contributed by atoms with Gasteiger partial charge in [0.05, 0.1) is 10.8 Å². The first-order valence-electron chi connectivity index (χ1n) is 3.89. The molecule has 0 bridgehead atoms. The van der Waals surface area contributed by atoms with E-state index in [0.717, 1.165) is 0 Å². The number of hydrogen-bond acceptors (Lipinski definition) is 4. The molecule has 1 aromatic rings. The third-order valence-corrected chi connectivity index (χ3v) is 3.07. The largest absolute Gasteiger partial charge is 0.574 e. The summed E-state index contributed by atoms with van der Waals surface area (Å²) in [6, 6.07) is 0. The highest BCUT2D eigenvalue weighted by atomic mass is 127. The second kappa shape index (κ2) is 5.21. The summed E-state index contributed by atoms with van der Waals surface area (Å²) in [6.45, 7) is 0. The Morgan fingerprint density at radius 2 is 2.18 bits per heavy atom. The van der Waals surface area contributed by atoms with Gasteiger partial charge in [0, 0.05) is 5.56 Å².